The van der Waals surface area contributed by atoms with Crippen molar-refractivity contribution in [3.8, 4) is 0 Å². The Morgan fingerprint density at radius 3 is 1.88 bits per heavy atom. The van der Waals surface area contributed by atoms with Crippen molar-refractivity contribution < 1.29 is 9.84 Å². The third kappa shape index (κ3) is 12.0. The molecule has 2 heteroatoms. The SMILES string of the molecule is CCCCCCCCCCCOC(C)CO. The van der Waals surface area contributed by atoms with E-state index in [0.29, 0.717) is 0 Å². The van der Waals surface area contributed by atoms with E-state index in [0.717, 1.165) is 13.0 Å². The fourth-order valence-corrected chi connectivity index (χ4v) is 1.75. The molecular formula is C14H30O2. The van der Waals surface area contributed by atoms with Crippen LogP contribution in [0.3, 0.4) is 0 Å². The molecule has 2 nitrogen and oxygen atoms in total. The van der Waals surface area contributed by atoms with Crippen molar-refractivity contribution in [3.05, 3.63) is 0 Å². The van der Waals surface area contributed by atoms with E-state index in [1.807, 2.05) is 6.92 Å². The van der Waals surface area contributed by atoms with E-state index in [-0.39, 0.29) is 12.7 Å². The molecule has 0 rings (SSSR count). The molecule has 0 saturated heterocycles. The molecule has 1 atom stereocenters. The summed E-state index contributed by atoms with van der Waals surface area (Å²) in [5, 5.41) is 8.75. The standard InChI is InChI=1S/C14H30O2/c1-3-4-5-6-7-8-9-10-11-12-16-14(2)13-15/h14-15H,3-13H2,1-2H3. The van der Waals surface area contributed by atoms with Gasteiger partial charge in [-0.1, -0.05) is 58.3 Å². The monoisotopic (exact) mass is 230 g/mol. The molecule has 1 unspecified atom stereocenters. The summed E-state index contributed by atoms with van der Waals surface area (Å²) < 4.78 is 5.40. The van der Waals surface area contributed by atoms with Gasteiger partial charge in [-0.2, -0.15) is 0 Å². The molecule has 16 heavy (non-hydrogen) atoms. The molecule has 0 aliphatic rings. The lowest BCUT2D eigenvalue weighted by Gasteiger charge is -2.09. The zero-order chi connectivity index (χ0) is 12.1. The van der Waals surface area contributed by atoms with Crippen LogP contribution in [-0.4, -0.2) is 24.4 Å². The van der Waals surface area contributed by atoms with Crippen molar-refractivity contribution in [1.29, 1.82) is 0 Å². The smallest absolute Gasteiger partial charge is 0.0777 e. The van der Waals surface area contributed by atoms with E-state index >= 15 is 0 Å². The zero-order valence-electron chi connectivity index (χ0n) is 11.2. The molecule has 0 aromatic carbocycles. The van der Waals surface area contributed by atoms with Crippen LogP contribution in [0.5, 0.6) is 0 Å². The summed E-state index contributed by atoms with van der Waals surface area (Å²) in [5.41, 5.74) is 0. The molecule has 0 heterocycles. The topological polar surface area (TPSA) is 29.5 Å². The highest BCUT2D eigenvalue weighted by Crippen LogP contribution is 2.09. The van der Waals surface area contributed by atoms with Crippen molar-refractivity contribution in [2.24, 2.45) is 0 Å². The van der Waals surface area contributed by atoms with Gasteiger partial charge in [-0.05, 0) is 13.3 Å². The van der Waals surface area contributed by atoms with E-state index in [1.54, 1.807) is 0 Å². The second-order valence-electron chi connectivity index (χ2n) is 4.69. The maximum absolute atomic E-state index is 8.75. The molecule has 0 aliphatic carbocycles. The number of aliphatic hydroxyl groups is 1. The predicted molar refractivity (Wildman–Crippen MR) is 69.7 cm³/mol. The van der Waals surface area contributed by atoms with Crippen LogP contribution >= 0.6 is 0 Å². The molecule has 1 N–H and O–H groups in total. The Labute approximate surface area is 101 Å². The quantitative estimate of drug-likeness (QED) is 0.515. The number of hydrogen-bond donors (Lipinski definition) is 1. The fraction of sp³-hybridized carbons (Fsp3) is 1.00. The van der Waals surface area contributed by atoms with Gasteiger partial charge in [-0.25, -0.2) is 0 Å². The number of unbranched alkanes of at least 4 members (excludes halogenated alkanes) is 8. The molecule has 0 aliphatic heterocycles. The number of hydrogen-bond acceptors (Lipinski definition) is 2. The first-order valence-corrected chi connectivity index (χ1v) is 7.03. The molecule has 0 bridgehead atoms. The summed E-state index contributed by atoms with van der Waals surface area (Å²) in [6.45, 7) is 5.11. The van der Waals surface area contributed by atoms with Crippen LogP contribution in [0.1, 0.15) is 71.6 Å². The maximum atomic E-state index is 8.75. The third-order valence-electron chi connectivity index (χ3n) is 2.91. The molecular weight excluding hydrogens is 200 g/mol. The Balaban J connectivity index is 2.93. The summed E-state index contributed by atoms with van der Waals surface area (Å²) in [6.07, 6.45) is 12.1. The minimum Gasteiger partial charge on any atom is -0.394 e. The van der Waals surface area contributed by atoms with Crippen molar-refractivity contribution in [2.45, 2.75) is 77.7 Å². The van der Waals surface area contributed by atoms with Gasteiger partial charge in [0.25, 0.3) is 0 Å². The highest BCUT2D eigenvalue weighted by molar-refractivity contribution is 4.48. The molecule has 98 valence electrons. The Bertz CT molecular complexity index is 126. The first kappa shape index (κ1) is 15.9. The lowest BCUT2D eigenvalue weighted by molar-refractivity contribution is 0.0231. The normalized spacial score (nSPS) is 12.9. The van der Waals surface area contributed by atoms with E-state index in [4.69, 9.17) is 9.84 Å². The van der Waals surface area contributed by atoms with Gasteiger partial charge in [0.05, 0.1) is 12.7 Å². The molecule has 0 aromatic rings. The van der Waals surface area contributed by atoms with Crippen LogP contribution in [0.4, 0.5) is 0 Å². The lowest BCUT2D eigenvalue weighted by Crippen LogP contribution is -2.13. The number of aliphatic hydroxyl groups excluding tert-OH is 1. The molecule has 0 fully saturated rings. The van der Waals surface area contributed by atoms with Crippen LogP contribution in [0, 0.1) is 0 Å². The number of ether oxygens (including phenoxy) is 1. The molecule has 0 saturated carbocycles. The van der Waals surface area contributed by atoms with Crippen molar-refractivity contribution >= 4 is 0 Å². The van der Waals surface area contributed by atoms with Gasteiger partial charge in [-0.15, -0.1) is 0 Å². The van der Waals surface area contributed by atoms with Gasteiger partial charge in [0.2, 0.25) is 0 Å². The van der Waals surface area contributed by atoms with Crippen LogP contribution < -0.4 is 0 Å². The average molecular weight is 230 g/mol. The van der Waals surface area contributed by atoms with E-state index in [2.05, 4.69) is 6.92 Å². The summed E-state index contributed by atoms with van der Waals surface area (Å²) >= 11 is 0. The van der Waals surface area contributed by atoms with Gasteiger partial charge >= 0.3 is 0 Å². The average Bonchev–Trinajstić information content (AvgIpc) is 2.31. The highest BCUT2D eigenvalue weighted by Gasteiger charge is 1.98. The van der Waals surface area contributed by atoms with Crippen LogP contribution in [0.25, 0.3) is 0 Å². The van der Waals surface area contributed by atoms with Crippen LogP contribution in [0.2, 0.25) is 0 Å². The zero-order valence-corrected chi connectivity index (χ0v) is 11.2. The van der Waals surface area contributed by atoms with Crippen molar-refractivity contribution in [3.63, 3.8) is 0 Å². The molecule has 0 spiro atoms. The summed E-state index contributed by atoms with van der Waals surface area (Å²) in [5.74, 6) is 0. The second kappa shape index (κ2) is 13.0. The van der Waals surface area contributed by atoms with Crippen molar-refractivity contribution in [2.75, 3.05) is 13.2 Å². The first-order valence-electron chi connectivity index (χ1n) is 7.03. The van der Waals surface area contributed by atoms with Crippen LogP contribution in [0.15, 0.2) is 0 Å². The van der Waals surface area contributed by atoms with E-state index < -0.39 is 0 Å². The third-order valence-corrected chi connectivity index (χ3v) is 2.91. The second-order valence-corrected chi connectivity index (χ2v) is 4.69. The Kier molecular flexibility index (Phi) is 12.9. The Hall–Kier alpha value is -0.0800. The summed E-state index contributed by atoms with van der Waals surface area (Å²) in [7, 11) is 0. The first-order chi connectivity index (χ1) is 7.81. The lowest BCUT2D eigenvalue weighted by atomic mass is 10.1. The maximum Gasteiger partial charge on any atom is 0.0777 e. The predicted octanol–water partition coefficient (Wildman–Crippen LogP) is 3.91. The Morgan fingerprint density at radius 1 is 0.875 bits per heavy atom. The summed E-state index contributed by atoms with van der Waals surface area (Å²) in [6, 6.07) is 0. The van der Waals surface area contributed by atoms with Gasteiger partial charge in [-0.3, -0.25) is 0 Å². The highest BCUT2D eigenvalue weighted by atomic mass is 16.5. The van der Waals surface area contributed by atoms with E-state index in [9.17, 15) is 0 Å². The minimum absolute atomic E-state index is 0.00837. The largest absolute Gasteiger partial charge is 0.394 e. The molecule has 0 aromatic heterocycles. The molecule has 0 radical (unpaired) electrons. The van der Waals surface area contributed by atoms with Crippen molar-refractivity contribution in [1.82, 2.24) is 0 Å². The van der Waals surface area contributed by atoms with Crippen LogP contribution in [-0.2, 0) is 4.74 Å². The Morgan fingerprint density at radius 2 is 1.38 bits per heavy atom. The van der Waals surface area contributed by atoms with E-state index in [1.165, 1.54) is 51.4 Å². The van der Waals surface area contributed by atoms with Gasteiger partial charge < -0.3 is 9.84 Å². The number of rotatable bonds is 12. The van der Waals surface area contributed by atoms with Gasteiger partial charge in [0.15, 0.2) is 0 Å². The minimum atomic E-state index is 0.00837. The van der Waals surface area contributed by atoms with Gasteiger partial charge in [0, 0.05) is 6.61 Å². The molecule has 0 amide bonds. The fourth-order valence-electron chi connectivity index (χ4n) is 1.75. The van der Waals surface area contributed by atoms with Gasteiger partial charge in [0.1, 0.15) is 0 Å². The summed E-state index contributed by atoms with van der Waals surface area (Å²) in [4.78, 5) is 0.